The normalized spacial score (nSPS) is 13.4. The summed E-state index contributed by atoms with van der Waals surface area (Å²) in [4.78, 5) is 0. The SMILES string of the molecule is COc1cccc(OC)c1OCC(C)(C#N)NC(C)C. The zero-order valence-corrected chi connectivity index (χ0v) is 12.7. The van der Waals surface area contributed by atoms with Crippen molar-refractivity contribution >= 4 is 0 Å². The van der Waals surface area contributed by atoms with E-state index >= 15 is 0 Å². The van der Waals surface area contributed by atoms with Gasteiger partial charge >= 0.3 is 0 Å². The summed E-state index contributed by atoms with van der Waals surface area (Å²) in [7, 11) is 3.13. The molecule has 0 bridgehead atoms. The van der Waals surface area contributed by atoms with Crippen LogP contribution >= 0.6 is 0 Å². The quantitative estimate of drug-likeness (QED) is 0.829. The lowest BCUT2D eigenvalue weighted by molar-refractivity contribution is 0.209. The van der Waals surface area contributed by atoms with E-state index in [-0.39, 0.29) is 12.6 Å². The van der Waals surface area contributed by atoms with Crippen molar-refractivity contribution < 1.29 is 14.2 Å². The average Bonchev–Trinajstić information content (AvgIpc) is 2.43. The highest BCUT2D eigenvalue weighted by Gasteiger charge is 2.26. The number of nitriles is 1. The first-order valence-corrected chi connectivity index (χ1v) is 6.48. The highest BCUT2D eigenvalue weighted by molar-refractivity contribution is 5.51. The summed E-state index contributed by atoms with van der Waals surface area (Å²) in [5.74, 6) is 1.66. The average molecular weight is 278 g/mol. The number of nitrogens with one attached hydrogen (secondary N) is 1. The number of ether oxygens (including phenoxy) is 3. The Kier molecular flexibility index (Phi) is 5.66. The standard InChI is InChI=1S/C15H22N2O3/c1-11(2)17-15(3,9-16)10-20-14-12(18-4)7-6-8-13(14)19-5/h6-8,11,17H,10H2,1-5H3. The molecule has 1 aromatic rings. The van der Waals surface area contributed by atoms with Gasteiger partial charge < -0.3 is 14.2 Å². The molecule has 0 aliphatic carbocycles. The molecule has 0 saturated carbocycles. The topological polar surface area (TPSA) is 63.5 Å². The number of para-hydroxylation sites is 1. The fraction of sp³-hybridized carbons (Fsp3) is 0.533. The molecule has 0 aromatic heterocycles. The number of methoxy groups -OCH3 is 2. The molecule has 5 heteroatoms. The summed E-state index contributed by atoms with van der Waals surface area (Å²) < 4.78 is 16.3. The van der Waals surface area contributed by atoms with Crippen LogP contribution in [0.5, 0.6) is 17.2 Å². The van der Waals surface area contributed by atoms with Crippen LogP contribution in [0.3, 0.4) is 0 Å². The maximum Gasteiger partial charge on any atom is 0.203 e. The van der Waals surface area contributed by atoms with Crippen LogP contribution in [0.2, 0.25) is 0 Å². The highest BCUT2D eigenvalue weighted by atomic mass is 16.5. The zero-order chi connectivity index (χ0) is 15.2. The zero-order valence-electron chi connectivity index (χ0n) is 12.7. The first-order chi connectivity index (χ1) is 9.45. The van der Waals surface area contributed by atoms with Gasteiger partial charge in [0.1, 0.15) is 12.1 Å². The van der Waals surface area contributed by atoms with Crippen LogP contribution in [0.15, 0.2) is 18.2 Å². The Morgan fingerprint density at radius 2 is 1.80 bits per heavy atom. The van der Waals surface area contributed by atoms with Gasteiger partial charge in [-0.25, -0.2) is 0 Å². The van der Waals surface area contributed by atoms with Gasteiger partial charge in [-0.15, -0.1) is 0 Å². The predicted octanol–water partition coefficient (Wildman–Crippen LogP) is 2.36. The lowest BCUT2D eigenvalue weighted by Crippen LogP contribution is -2.49. The van der Waals surface area contributed by atoms with Crippen LogP contribution in [-0.4, -0.2) is 32.4 Å². The summed E-state index contributed by atoms with van der Waals surface area (Å²) >= 11 is 0. The third-order valence-corrected chi connectivity index (χ3v) is 2.74. The van der Waals surface area contributed by atoms with Gasteiger partial charge in [-0.05, 0) is 32.9 Å². The molecule has 1 N–H and O–H groups in total. The van der Waals surface area contributed by atoms with Crippen LogP contribution in [0, 0.1) is 11.3 Å². The molecule has 0 heterocycles. The Balaban J connectivity index is 2.91. The Morgan fingerprint density at radius 1 is 1.25 bits per heavy atom. The molecule has 1 atom stereocenters. The van der Waals surface area contributed by atoms with E-state index in [1.165, 1.54) is 0 Å². The highest BCUT2D eigenvalue weighted by Crippen LogP contribution is 2.37. The first kappa shape index (κ1) is 16.1. The molecular formula is C15H22N2O3. The van der Waals surface area contributed by atoms with Gasteiger partial charge in [0, 0.05) is 6.04 Å². The molecule has 0 radical (unpaired) electrons. The maximum atomic E-state index is 9.31. The number of benzene rings is 1. The Labute approximate surface area is 120 Å². The minimum Gasteiger partial charge on any atom is -0.493 e. The van der Waals surface area contributed by atoms with E-state index in [1.807, 2.05) is 19.9 Å². The fourth-order valence-corrected chi connectivity index (χ4v) is 1.92. The van der Waals surface area contributed by atoms with Crippen molar-refractivity contribution in [2.24, 2.45) is 0 Å². The van der Waals surface area contributed by atoms with Gasteiger partial charge in [-0.3, -0.25) is 5.32 Å². The van der Waals surface area contributed by atoms with Crippen molar-refractivity contribution in [3.63, 3.8) is 0 Å². The van der Waals surface area contributed by atoms with E-state index < -0.39 is 5.54 Å². The summed E-state index contributed by atoms with van der Waals surface area (Å²) in [6.07, 6.45) is 0. The van der Waals surface area contributed by atoms with Crippen LogP contribution in [0.1, 0.15) is 20.8 Å². The largest absolute Gasteiger partial charge is 0.493 e. The smallest absolute Gasteiger partial charge is 0.203 e. The molecule has 1 unspecified atom stereocenters. The Hall–Kier alpha value is -1.93. The number of nitrogens with zero attached hydrogens (tertiary/aromatic N) is 1. The van der Waals surface area contributed by atoms with Crippen molar-refractivity contribution in [2.45, 2.75) is 32.4 Å². The number of hydrogen-bond acceptors (Lipinski definition) is 5. The summed E-state index contributed by atoms with van der Waals surface area (Å²) in [6.45, 7) is 5.96. The van der Waals surface area contributed by atoms with Crippen molar-refractivity contribution in [1.29, 1.82) is 5.26 Å². The molecule has 20 heavy (non-hydrogen) atoms. The molecule has 0 saturated heterocycles. The van der Waals surface area contributed by atoms with Gasteiger partial charge in [0.05, 0.1) is 20.3 Å². The van der Waals surface area contributed by atoms with E-state index in [2.05, 4.69) is 11.4 Å². The van der Waals surface area contributed by atoms with Crippen molar-refractivity contribution in [1.82, 2.24) is 5.32 Å². The van der Waals surface area contributed by atoms with Crippen molar-refractivity contribution in [2.75, 3.05) is 20.8 Å². The van der Waals surface area contributed by atoms with Gasteiger partial charge in [0.2, 0.25) is 5.75 Å². The molecule has 0 spiro atoms. The molecule has 1 rings (SSSR count). The van der Waals surface area contributed by atoms with Gasteiger partial charge in [0.25, 0.3) is 0 Å². The summed E-state index contributed by atoms with van der Waals surface area (Å²) in [5.41, 5.74) is -0.778. The second-order valence-corrected chi connectivity index (χ2v) is 5.02. The molecule has 5 nitrogen and oxygen atoms in total. The predicted molar refractivity (Wildman–Crippen MR) is 77.3 cm³/mol. The van der Waals surface area contributed by atoms with Crippen LogP contribution in [0.4, 0.5) is 0 Å². The minimum atomic E-state index is -0.778. The number of hydrogen-bond donors (Lipinski definition) is 1. The lowest BCUT2D eigenvalue weighted by Gasteiger charge is -2.26. The van der Waals surface area contributed by atoms with Gasteiger partial charge in [-0.2, -0.15) is 5.26 Å². The molecule has 1 aromatic carbocycles. The summed E-state index contributed by atoms with van der Waals surface area (Å²) in [6, 6.07) is 7.82. The fourth-order valence-electron chi connectivity index (χ4n) is 1.92. The van der Waals surface area contributed by atoms with Crippen molar-refractivity contribution in [3.8, 4) is 23.3 Å². The second kappa shape index (κ2) is 7.01. The van der Waals surface area contributed by atoms with Crippen molar-refractivity contribution in [3.05, 3.63) is 18.2 Å². The third-order valence-electron chi connectivity index (χ3n) is 2.74. The van der Waals surface area contributed by atoms with E-state index in [0.29, 0.717) is 17.2 Å². The number of rotatable bonds is 7. The third kappa shape index (κ3) is 4.04. The van der Waals surface area contributed by atoms with E-state index in [9.17, 15) is 5.26 Å². The van der Waals surface area contributed by atoms with E-state index in [0.717, 1.165) is 0 Å². The molecule has 110 valence electrons. The molecule has 0 aliphatic rings. The molecule has 0 fully saturated rings. The monoisotopic (exact) mass is 278 g/mol. The van der Waals surface area contributed by atoms with E-state index in [4.69, 9.17) is 14.2 Å². The second-order valence-electron chi connectivity index (χ2n) is 5.02. The van der Waals surface area contributed by atoms with Crippen LogP contribution in [-0.2, 0) is 0 Å². The molecule has 0 aliphatic heterocycles. The molecule has 0 amide bonds. The van der Waals surface area contributed by atoms with Gasteiger partial charge in [-0.1, -0.05) is 6.07 Å². The van der Waals surface area contributed by atoms with Crippen LogP contribution < -0.4 is 19.5 Å². The van der Waals surface area contributed by atoms with Crippen LogP contribution in [0.25, 0.3) is 0 Å². The molecular weight excluding hydrogens is 256 g/mol. The first-order valence-electron chi connectivity index (χ1n) is 6.48. The summed E-state index contributed by atoms with van der Waals surface area (Å²) in [5, 5.41) is 12.5. The minimum absolute atomic E-state index is 0.183. The Bertz CT molecular complexity index is 460. The lowest BCUT2D eigenvalue weighted by atomic mass is 10.1. The van der Waals surface area contributed by atoms with Gasteiger partial charge in [0.15, 0.2) is 11.5 Å². The maximum absolute atomic E-state index is 9.31. The van der Waals surface area contributed by atoms with E-state index in [1.54, 1.807) is 33.3 Å². The Morgan fingerprint density at radius 3 is 2.20 bits per heavy atom.